The zero-order valence-electron chi connectivity index (χ0n) is 8.80. The molecule has 1 aromatic heterocycles. The largest absolute Gasteiger partial charge is 0.347 e. The molecule has 3 unspecified atom stereocenters. The van der Waals surface area contributed by atoms with E-state index >= 15 is 0 Å². The van der Waals surface area contributed by atoms with Crippen LogP contribution in [0.3, 0.4) is 0 Å². The highest BCUT2D eigenvalue weighted by Gasteiger charge is 2.39. The van der Waals surface area contributed by atoms with E-state index in [9.17, 15) is 0 Å². The van der Waals surface area contributed by atoms with E-state index in [0.29, 0.717) is 12.0 Å². The average Bonchev–Trinajstić information content (AvgIpc) is 2.86. The lowest BCUT2D eigenvalue weighted by molar-refractivity contribution is 0.260. The predicted octanol–water partition coefficient (Wildman–Crippen LogP) is 1.71. The molecule has 1 aliphatic carbocycles. The number of aromatic nitrogens is 1. The first-order valence-electron chi connectivity index (χ1n) is 5.74. The van der Waals surface area contributed by atoms with Crippen LogP contribution in [0.2, 0.25) is 0 Å². The molecule has 0 bridgehead atoms. The first-order valence-corrected chi connectivity index (χ1v) is 6.62. The minimum absolute atomic E-state index is 0.425. The minimum atomic E-state index is 0.425. The van der Waals surface area contributed by atoms with Gasteiger partial charge in [0.1, 0.15) is 0 Å². The van der Waals surface area contributed by atoms with Gasteiger partial charge in [-0.15, -0.1) is 11.3 Å². The van der Waals surface area contributed by atoms with Gasteiger partial charge in [0.25, 0.3) is 0 Å². The molecule has 1 aliphatic heterocycles. The fourth-order valence-corrected chi connectivity index (χ4v) is 3.71. The van der Waals surface area contributed by atoms with Gasteiger partial charge in [-0.1, -0.05) is 6.42 Å². The van der Waals surface area contributed by atoms with Crippen molar-refractivity contribution >= 4 is 16.5 Å². The first kappa shape index (κ1) is 9.60. The van der Waals surface area contributed by atoms with Crippen LogP contribution in [0.25, 0.3) is 0 Å². The third-order valence-corrected chi connectivity index (χ3v) is 4.68. The number of hydrogen-bond donors (Lipinski definition) is 1. The number of anilines is 1. The van der Waals surface area contributed by atoms with Crippen LogP contribution in [-0.2, 0) is 0 Å². The van der Waals surface area contributed by atoms with Gasteiger partial charge in [-0.2, -0.15) is 0 Å². The molecule has 0 spiro atoms. The monoisotopic (exact) mass is 223 g/mol. The zero-order chi connectivity index (χ0) is 10.3. The van der Waals surface area contributed by atoms with Gasteiger partial charge in [0.15, 0.2) is 5.13 Å². The maximum absolute atomic E-state index is 6.19. The Bertz CT molecular complexity index is 325. The SMILES string of the molecule is NC1CCCC2CN(c3nccs3)CC12. The summed E-state index contributed by atoms with van der Waals surface area (Å²) in [4.78, 5) is 6.81. The zero-order valence-corrected chi connectivity index (χ0v) is 9.62. The molecule has 2 fully saturated rings. The number of fused-ring (bicyclic) bond motifs is 1. The third kappa shape index (κ3) is 1.66. The molecule has 0 aromatic carbocycles. The summed E-state index contributed by atoms with van der Waals surface area (Å²) in [6.07, 6.45) is 5.78. The normalized spacial score (nSPS) is 35.5. The molecular weight excluding hydrogens is 206 g/mol. The first-order chi connectivity index (χ1) is 7.34. The van der Waals surface area contributed by atoms with Crippen molar-refractivity contribution in [2.75, 3.05) is 18.0 Å². The molecule has 2 heterocycles. The van der Waals surface area contributed by atoms with Crippen molar-refractivity contribution in [3.63, 3.8) is 0 Å². The molecule has 0 radical (unpaired) electrons. The molecule has 1 aromatic rings. The number of nitrogens with two attached hydrogens (primary N) is 1. The Kier molecular flexibility index (Phi) is 2.41. The van der Waals surface area contributed by atoms with Gasteiger partial charge < -0.3 is 10.6 Å². The van der Waals surface area contributed by atoms with E-state index in [1.807, 2.05) is 6.20 Å². The Labute approximate surface area is 94.3 Å². The Balaban J connectivity index is 1.76. The summed E-state index contributed by atoms with van der Waals surface area (Å²) in [5.41, 5.74) is 6.19. The van der Waals surface area contributed by atoms with Crippen LogP contribution in [0.1, 0.15) is 19.3 Å². The number of thiazole rings is 1. The van der Waals surface area contributed by atoms with Gasteiger partial charge in [-0.05, 0) is 24.7 Å². The lowest BCUT2D eigenvalue weighted by atomic mass is 9.78. The molecule has 1 saturated carbocycles. The van der Waals surface area contributed by atoms with Crippen LogP contribution >= 0.6 is 11.3 Å². The summed E-state index contributed by atoms with van der Waals surface area (Å²) in [7, 11) is 0. The lowest BCUT2D eigenvalue weighted by Gasteiger charge is -2.29. The third-order valence-electron chi connectivity index (χ3n) is 3.84. The molecule has 0 amide bonds. The van der Waals surface area contributed by atoms with Crippen molar-refractivity contribution in [3.8, 4) is 0 Å². The summed E-state index contributed by atoms with van der Waals surface area (Å²) >= 11 is 1.74. The van der Waals surface area contributed by atoms with E-state index in [1.54, 1.807) is 11.3 Å². The van der Waals surface area contributed by atoms with Crippen LogP contribution in [0.4, 0.5) is 5.13 Å². The number of hydrogen-bond acceptors (Lipinski definition) is 4. The van der Waals surface area contributed by atoms with Crippen molar-refractivity contribution in [1.29, 1.82) is 0 Å². The summed E-state index contributed by atoms with van der Waals surface area (Å²) in [6, 6.07) is 0.425. The summed E-state index contributed by atoms with van der Waals surface area (Å²) < 4.78 is 0. The smallest absolute Gasteiger partial charge is 0.185 e. The quantitative estimate of drug-likeness (QED) is 0.788. The average molecular weight is 223 g/mol. The van der Waals surface area contributed by atoms with Gasteiger partial charge in [0.05, 0.1) is 0 Å². The maximum atomic E-state index is 6.19. The van der Waals surface area contributed by atoms with Gasteiger partial charge in [0, 0.05) is 30.7 Å². The molecular formula is C11H17N3S. The van der Waals surface area contributed by atoms with E-state index in [-0.39, 0.29) is 0 Å². The van der Waals surface area contributed by atoms with Crippen molar-refractivity contribution < 1.29 is 0 Å². The van der Waals surface area contributed by atoms with Gasteiger partial charge in [-0.25, -0.2) is 4.98 Å². The van der Waals surface area contributed by atoms with Crippen molar-refractivity contribution in [3.05, 3.63) is 11.6 Å². The lowest BCUT2D eigenvalue weighted by Crippen LogP contribution is -2.38. The van der Waals surface area contributed by atoms with Gasteiger partial charge in [0.2, 0.25) is 0 Å². The maximum Gasteiger partial charge on any atom is 0.185 e. The molecule has 3 rings (SSSR count). The molecule has 3 nitrogen and oxygen atoms in total. The van der Waals surface area contributed by atoms with E-state index < -0.39 is 0 Å². The minimum Gasteiger partial charge on any atom is -0.347 e. The number of nitrogens with zero attached hydrogens (tertiary/aromatic N) is 2. The summed E-state index contributed by atoms with van der Waals surface area (Å²) in [5, 5.41) is 3.23. The Morgan fingerprint density at radius 1 is 1.40 bits per heavy atom. The standard InChI is InChI=1S/C11H17N3S/c12-10-3-1-2-8-6-14(7-9(8)10)11-13-4-5-15-11/h4-5,8-10H,1-3,6-7,12H2. The van der Waals surface area contributed by atoms with Crippen LogP contribution < -0.4 is 10.6 Å². The topological polar surface area (TPSA) is 42.1 Å². The Morgan fingerprint density at radius 3 is 3.07 bits per heavy atom. The van der Waals surface area contributed by atoms with Crippen molar-refractivity contribution in [2.45, 2.75) is 25.3 Å². The predicted molar refractivity (Wildman–Crippen MR) is 63.1 cm³/mol. The molecule has 2 aliphatic rings. The van der Waals surface area contributed by atoms with E-state index in [2.05, 4.69) is 15.3 Å². The van der Waals surface area contributed by atoms with E-state index in [0.717, 1.165) is 12.5 Å². The van der Waals surface area contributed by atoms with Crippen LogP contribution in [0.15, 0.2) is 11.6 Å². The number of rotatable bonds is 1. The Hall–Kier alpha value is -0.610. The molecule has 2 N–H and O–H groups in total. The highest BCUT2D eigenvalue weighted by Crippen LogP contribution is 2.37. The molecule has 4 heteroatoms. The molecule has 82 valence electrons. The second-order valence-corrected chi connectivity index (χ2v) is 5.61. The van der Waals surface area contributed by atoms with Gasteiger partial charge in [-0.3, -0.25) is 0 Å². The highest BCUT2D eigenvalue weighted by molar-refractivity contribution is 7.13. The van der Waals surface area contributed by atoms with E-state index in [4.69, 9.17) is 5.73 Å². The Morgan fingerprint density at radius 2 is 2.33 bits per heavy atom. The second-order valence-electron chi connectivity index (χ2n) is 4.74. The second kappa shape index (κ2) is 3.76. The van der Waals surface area contributed by atoms with Crippen molar-refractivity contribution in [2.24, 2.45) is 17.6 Å². The highest BCUT2D eigenvalue weighted by atomic mass is 32.1. The molecule has 3 atom stereocenters. The van der Waals surface area contributed by atoms with E-state index in [1.165, 1.54) is 30.9 Å². The van der Waals surface area contributed by atoms with Gasteiger partial charge >= 0.3 is 0 Å². The fraction of sp³-hybridized carbons (Fsp3) is 0.727. The van der Waals surface area contributed by atoms with Crippen molar-refractivity contribution in [1.82, 2.24) is 4.98 Å². The van der Waals surface area contributed by atoms with Crippen LogP contribution in [-0.4, -0.2) is 24.1 Å². The molecule has 1 saturated heterocycles. The summed E-state index contributed by atoms with van der Waals surface area (Å²) in [6.45, 7) is 2.30. The van der Waals surface area contributed by atoms with Crippen LogP contribution in [0.5, 0.6) is 0 Å². The fourth-order valence-electron chi connectivity index (χ4n) is 3.04. The van der Waals surface area contributed by atoms with Crippen LogP contribution in [0, 0.1) is 11.8 Å². The summed E-state index contributed by atoms with van der Waals surface area (Å²) in [5.74, 6) is 1.53. The molecule has 15 heavy (non-hydrogen) atoms.